The van der Waals surface area contributed by atoms with Crippen molar-refractivity contribution in [2.45, 2.75) is 36.5 Å². The highest BCUT2D eigenvalue weighted by molar-refractivity contribution is 7.87. The molecule has 0 aromatic rings. The van der Waals surface area contributed by atoms with Crippen molar-refractivity contribution in [3.63, 3.8) is 0 Å². The van der Waals surface area contributed by atoms with Crippen molar-refractivity contribution >= 4 is 16.1 Å². The molecular weight excluding hydrogens is 298 g/mol. The number of halogens is 2. The van der Waals surface area contributed by atoms with E-state index >= 15 is 0 Å². The van der Waals surface area contributed by atoms with Crippen LogP contribution in [0.4, 0.5) is 8.78 Å². The molecule has 2 bridgehead atoms. The zero-order chi connectivity index (χ0) is 15.0. The Bertz CT molecular complexity index is 575. The SMILES string of the molecule is O=C(OCC12CC3CC(O)(CC31)C2)C(F)(F)S(=O)(=O)O. The molecule has 20 heavy (non-hydrogen) atoms. The van der Waals surface area contributed by atoms with E-state index in [0.717, 1.165) is 0 Å². The zero-order valence-corrected chi connectivity index (χ0v) is 11.2. The molecule has 0 radical (unpaired) electrons. The minimum Gasteiger partial charge on any atom is -0.460 e. The van der Waals surface area contributed by atoms with Crippen molar-refractivity contribution < 1.29 is 36.4 Å². The Morgan fingerprint density at radius 1 is 1.35 bits per heavy atom. The molecule has 0 spiro atoms. The normalized spacial score (nSPS) is 42.4. The van der Waals surface area contributed by atoms with E-state index in [1.54, 1.807) is 0 Å². The van der Waals surface area contributed by atoms with Crippen LogP contribution in [-0.2, 0) is 19.6 Å². The van der Waals surface area contributed by atoms with E-state index in [2.05, 4.69) is 4.74 Å². The van der Waals surface area contributed by atoms with Crippen molar-refractivity contribution in [2.75, 3.05) is 6.61 Å². The first-order chi connectivity index (χ1) is 8.99. The number of esters is 1. The van der Waals surface area contributed by atoms with Crippen LogP contribution >= 0.6 is 0 Å². The van der Waals surface area contributed by atoms with Crippen LogP contribution in [0.2, 0.25) is 0 Å². The van der Waals surface area contributed by atoms with Gasteiger partial charge >= 0.3 is 21.3 Å². The molecule has 0 aliphatic heterocycles. The molecule has 0 heterocycles. The van der Waals surface area contributed by atoms with Gasteiger partial charge < -0.3 is 9.84 Å². The second-order valence-corrected chi connectivity index (χ2v) is 7.77. The highest BCUT2D eigenvalue weighted by Gasteiger charge is 2.70. The third kappa shape index (κ3) is 1.72. The molecule has 114 valence electrons. The summed E-state index contributed by atoms with van der Waals surface area (Å²) in [5.74, 6) is -1.80. The number of ether oxygens (including phenoxy) is 1. The van der Waals surface area contributed by atoms with Crippen LogP contribution in [0.3, 0.4) is 0 Å². The first kappa shape index (κ1) is 14.2. The van der Waals surface area contributed by atoms with Gasteiger partial charge in [0.05, 0.1) is 12.2 Å². The van der Waals surface area contributed by atoms with Crippen LogP contribution in [0.5, 0.6) is 0 Å². The summed E-state index contributed by atoms with van der Waals surface area (Å²) < 4.78 is 59.6. The van der Waals surface area contributed by atoms with Gasteiger partial charge in [-0.2, -0.15) is 17.2 Å². The number of alkyl halides is 2. The third-order valence-corrected chi connectivity index (χ3v) is 5.81. The maximum atomic E-state index is 13.0. The molecule has 2 N–H and O–H groups in total. The monoisotopic (exact) mass is 312 g/mol. The maximum absolute atomic E-state index is 13.0. The maximum Gasteiger partial charge on any atom is 0.465 e. The first-order valence-electron chi connectivity index (χ1n) is 6.24. The van der Waals surface area contributed by atoms with Crippen molar-refractivity contribution in [3.8, 4) is 0 Å². The van der Waals surface area contributed by atoms with E-state index in [0.29, 0.717) is 31.6 Å². The average Bonchev–Trinajstić information content (AvgIpc) is 2.69. The Kier molecular flexibility index (Phi) is 2.61. The second-order valence-electron chi connectivity index (χ2n) is 6.31. The first-order valence-corrected chi connectivity index (χ1v) is 7.68. The number of carbonyl (C=O) groups is 1. The third-order valence-electron chi connectivity index (χ3n) is 5.00. The van der Waals surface area contributed by atoms with Crippen LogP contribution in [0, 0.1) is 17.3 Å². The van der Waals surface area contributed by atoms with Gasteiger partial charge in [-0.3, -0.25) is 4.55 Å². The van der Waals surface area contributed by atoms with Gasteiger partial charge in [0.1, 0.15) is 0 Å². The Morgan fingerprint density at radius 3 is 2.45 bits per heavy atom. The predicted molar refractivity (Wildman–Crippen MR) is 60.3 cm³/mol. The zero-order valence-electron chi connectivity index (χ0n) is 10.4. The van der Waals surface area contributed by atoms with Gasteiger partial charge in [0, 0.05) is 5.41 Å². The fraction of sp³-hybridized carbons (Fsp3) is 0.909. The number of carbonyl (C=O) groups excluding carboxylic acids is 1. The fourth-order valence-corrected chi connectivity index (χ4v) is 4.62. The molecule has 3 saturated carbocycles. The molecule has 0 aromatic heterocycles. The van der Waals surface area contributed by atoms with Gasteiger partial charge in [-0.15, -0.1) is 0 Å². The minimum absolute atomic E-state index is 0.139. The average molecular weight is 312 g/mol. The quantitative estimate of drug-likeness (QED) is 0.581. The summed E-state index contributed by atoms with van der Waals surface area (Å²) in [6, 6.07) is 0. The van der Waals surface area contributed by atoms with Crippen molar-refractivity contribution in [3.05, 3.63) is 0 Å². The molecular formula is C11H14F2O6S. The summed E-state index contributed by atoms with van der Waals surface area (Å²) in [5, 5.41) is 5.18. The van der Waals surface area contributed by atoms with Gasteiger partial charge in [-0.25, -0.2) is 4.79 Å². The lowest BCUT2D eigenvalue weighted by atomic mass is 9.52. The molecule has 0 amide bonds. The summed E-state index contributed by atoms with van der Waals surface area (Å²) in [6.07, 6.45) is 2.33. The van der Waals surface area contributed by atoms with Crippen molar-refractivity contribution in [2.24, 2.45) is 17.3 Å². The Balaban J connectivity index is 1.66. The number of aliphatic hydroxyl groups is 1. The van der Waals surface area contributed by atoms with Crippen LogP contribution in [0.1, 0.15) is 25.7 Å². The molecule has 3 aliphatic carbocycles. The molecule has 4 atom stereocenters. The topological polar surface area (TPSA) is 101 Å². The largest absolute Gasteiger partial charge is 0.465 e. The lowest BCUT2D eigenvalue weighted by Gasteiger charge is -2.53. The highest BCUT2D eigenvalue weighted by Crippen LogP contribution is 2.72. The molecule has 9 heteroatoms. The molecule has 3 aliphatic rings. The Morgan fingerprint density at radius 2 is 2.00 bits per heavy atom. The summed E-state index contributed by atoms with van der Waals surface area (Å²) in [4.78, 5) is 11.1. The van der Waals surface area contributed by atoms with Gasteiger partial charge in [0.2, 0.25) is 0 Å². The standard InChI is InChI=1S/C11H14F2O6S/c12-11(13,20(16,17)18)8(14)19-5-9-1-6-2-10(15,4-9)3-7(6)9/h6-7,15H,1-5H2,(H,16,17,18). The summed E-state index contributed by atoms with van der Waals surface area (Å²) >= 11 is 0. The van der Waals surface area contributed by atoms with Gasteiger partial charge in [-0.05, 0) is 37.5 Å². The van der Waals surface area contributed by atoms with Crippen molar-refractivity contribution in [1.29, 1.82) is 0 Å². The molecule has 0 saturated heterocycles. The van der Waals surface area contributed by atoms with Gasteiger partial charge in [0.25, 0.3) is 0 Å². The number of fused-ring (bicyclic) bond motifs is 1. The van der Waals surface area contributed by atoms with E-state index in [1.165, 1.54) is 0 Å². The minimum atomic E-state index is -5.83. The van der Waals surface area contributed by atoms with Gasteiger partial charge in [0.15, 0.2) is 0 Å². The second kappa shape index (κ2) is 3.69. The van der Waals surface area contributed by atoms with E-state index in [4.69, 9.17) is 4.55 Å². The van der Waals surface area contributed by atoms with Crippen LogP contribution in [-0.4, -0.2) is 41.5 Å². The summed E-state index contributed by atoms with van der Waals surface area (Å²) in [5.41, 5.74) is -1.31. The molecule has 0 aromatic carbocycles. The van der Waals surface area contributed by atoms with Crippen LogP contribution < -0.4 is 0 Å². The lowest BCUT2D eigenvalue weighted by molar-refractivity contribution is -0.177. The van der Waals surface area contributed by atoms with Crippen molar-refractivity contribution in [1.82, 2.24) is 0 Å². The predicted octanol–water partition coefficient (Wildman–Crippen LogP) is 0.561. The molecule has 3 fully saturated rings. The van der Waals surface area contributed by atoms with E-state index < -0.39 is 32.4 Å². The number of hydrogen-bond donors (Lipinski definition) is 2. The smallest absolute Gasteiger partial charge is 0.460 e. The van der Waals surface area contributed by atoms with Gasteiger partial charge in [-0.1, -0.05) is 0 Å². The van der Waals surface area contributed by atoms with Crippen LogP contribution in [0.25, 0.3) is 0 Å². The Labute approximate surface area is 113 Å². The summed E-state index contributed by atoms with van der Waals surface area (Å²) in [6.45, 7) is -0.347. The molecule has 3 rings (SSSR count). The Hall–Kier alpha value is -0.800. The number of rotatable bonds is 4. The van der Waals surface area contributed by atoms with E-state index in [1.807, 2.05) is 0 Å². The highest BCUT2D eigenvalue weighted by atomic mass is 32.2. The van der Waals surface area contributed by atoms with Crippen LogP contribution in [0.15, 0.2) is 0 Å². The fourth-order valence-electron chi connectivity index (χ4n) is 4.35. The lowest BCUT2D eigenvalue weighted by Crippen LogP contribution is -2.52. The van der Waals surface area contributed by atoms with E-state index in [-0.39, 0.29) is 12.5 Å². The molecule has 4 unspecified atom stereocenters. The molecule has 6 nitrogen and oxygen atoms in total. The number of hydrogen-bond acceptors (Lipinski definition) is 5. The van der Waals surface area contributed by atoms with E-state index in [9.17, 15) is 27.1 Å². The summed E-state index contributed by atoms with van der Waals surface area (Å²) in [7, 11) is -5.83.